The number of hydrogen-bond acceptors (Lipinski definition) is 4. The first-order valence-corrected chi connectivity index (χ1v) is 6.02. The minimum absolute atomic E-state index is 0.189. The van der Waals surface area contributed by atoms with Gasteiger partial charge in [0.25, 0.3) is 0 Å². The Morgan fingerprint density at radius 2 is 2.41 bits per heavy atom. The average molecular weight is 235 g/mol. The van der Waals surface area contributed by atoms with Crippen LogP contribution in [0.15, 0.2) is 12.3 Å². The summed E-state index contributed by atoms with van der Waals surface area (Å²) in [5, 5.41) is 19.8. The summed E-state index contributed by atoms with van der Waals surface area (Å²) in [5.74, 6) is 0.216. The summed E-state index contributed by atoms with van der Waals surface area (Å²) < 4.78 is 0. The highest BCUT2D eigenvalue weighted by Crippen LogP contribution is 2.34. The molecular weight excluding hydrogens is 218 g/mol. The zero-order chi connectivity index (χ0) is 12.3. The fraction of sp³-hybridized carbons (Fsp3) is 0.583. The molecule has 1 saturated carbocycles. The standard InChI is InChI=1S/C12H17N3O2/c1-2-9(7-8-3-4-8)14-11-10(12(16)17)5-6-13-15-11/h5-6,8-9H,2-4,7H2,1H3,(H,14,15)(H,16,17). The highest BCUT2D eigenvalue weighted by Gasteiger charge is 2.25. The monoisotopic (exact) mass is 235 g/mol. The van der Waals surface area contributed by atoms with Crippen molar-refractivity contribution in [2.45, 2.75) is 38.6 Å². The Balaban J connectivity index is 2.07. The SMILES string of the molecule is CCC(CC1CC1)Nc1nnccc1C(=O)O. The molecule has 5 heteroatoms. The van der Waals surface area contributed by atoms with E-state index in [-0.39, 0.29) is 11.6 Å². The van der Waals surface area contributed by atoms with Gasteiger partial charge in [0.2, 0.25) is 0 Å². The summed E-state index contributed by atoms with van der Waals surface area (Å²) in [6.45, 7) is 2.09. The molecule has 1 fully saturated rings. The van der Waals surface area contributed by atoms with Crippen LogP contribution in [0.3, 0.4) is 0 Å². The molecule has 2 N–H and O–H groups in total. The van der Waals surface area contributed by atoms with Gasteiger partial charge in [-0.2, -0.15) is 5.10 Å². The maximum absolute atomic E-state index is 11.0. The molecule has 5 nitrogen and oxygen atoms in total. The summed E-state index contributed by atoms with van der Waals surface area (Å²) in [4.78, 5) is 11.0. The van der Waals surface area contributed by atoms with Crippen molar-refractivity contribution in [2.24, 2.45) is 5.92 Å². The van der Waals surface area contributed by atoms with Gasteiger partial charge >= 0.3 is 5.97 Å². The molecule has 0 saturated heterocycles. The van der Waals surface area contributed by atoms with Crippen LogP contribution in [-0.2, 0) is 0 Å². The van der Waals surface area contributed by atoms with Crippen molar-refractivity contribution >= 4 is 11.8 Å². The molecule has 0 spiro atoms. The normalized spacial score (nSPS) is 16.5. The quantitative estimate of drug-likeness (QED) is 0.790. The predicted molar refractivity (Wildman–Crippen MR) is 64.0 cm³/mol. The Hall–Kier alpha value is -1.65. The van der Waals surface area contributed by atoms with E-state index in [1.165, 1.54) is 25.1 Å². The molecular formula is C12H17N3O2. The van der Waals surface area contributed by atoms with E-state index >= 15 is 0 Å². The van der Waals surface area contributed by atoms with Gasteiger partial charge in [-0.1, -0.05) is 19.8 Å². The lowest BCUT2D eigenvalue weighted by Crippen LogP contribution is -2.22. The molecule has 1 aliphatic rings. The van der Waals surface area contributed by atoms with Crippen LogP contribution in [0.5, 0.6) is 0 Å². The molecule has 0 aromatic carbocycles. The molecule has 1 unspecified atom stereocenters. The van der Waals surface area contributed by atoms with Gasteiger partial charge in [-0.15, -0.1) is 5.10 Å². The first-order chi connectivity index (χ1) is 8.20. The first-order valence-electron chi connectivity index (χ1n) is 6.02. The van der Waals surface area contributed by atoms with Crippen molar-refractivity contribution in [3.63, 3.8) is 0 Å². The minimum atomic E-state index is -0.969. The number of carbonyl (C=O) groups is 1. The van der Waals surface area contributed by atoms with Crippen LogP contribution in [0.4, 0.5) is 5.82 Å². The van der Waals surface area contributed by atoms with Gasteiger partial charge in [0.1, 0.15) is 5.56 Å². The molecule has 1 atom stereocenters. The molecule has 1 aromatic rings. The number of carboxylic acids is 1. The number of anilines is 1. The van der Waals surface area contributed by atoms with E-state index in [1.807, 2.05) is 0 Å². The largest absolute Gasteiger partial charge is 0.478 e. The molecule has 0 amide bonds. The predicted octanol–water partition coefficient (Wildman–Crippen LogP) is 2.17. The molecule has 0 radical (unpaired) electrons. The lowest BCUT2D eigenvalue weighted by atomic mass is 10.1. The van der Waals surface area contributed by atoms with Gasteiger partial charge in [0.15, 0.2) is 5.82 Å². The maximum atomic E-state index is 11.0. The number of hydrogen-bond donors (Lipinski definition) is 2. The lowest BCUT2D eigenvalue weighted by Gasteiger charge is -2.17. The Morgan fingerprint density at radius 1 is 1.65 bits per heavy atom. The average Bonchev–Trinajstić information content (AvgIpc) is 3.12. The Bertz CT molecular complexity index is 404. The molecule has 0 aliphatic heterocycles. The van der Waals surface area contributed by atoms with Crippen LogP contribution in [0, 0.1) is 5.92 Å². The van der Waals surface area contributed by atoms with Crippen LogP contribution < -0.4 is 5.32 Å². The summed E-state index contributed by atoms with van der Waals surface area (Å²) in [7, 11) is 0. The van der Waals surface area contributed by atoms with Crippen LogP contribution in [0.25, 0.3) is 0 Å². The fourth-order valence-corrected chi connectivity index (χ4v) is 1.89. The van der Waals surface area contributed by atoms with Crippen molar-refractivity contribution in [1.29, 1.82) is 0 Å². The van der Waals surface area contributed by atoms with Gasteiger partial charge in [-0.25, -0.2) is 4.79 Å². The lowest BCUT2D eigenvalue weighted by molar-refractivity contribution is 0.0697. The van der Waals surface area contributed by atoms with Crippen molar-refractivity contribution in [2.75, 3.05) is 5.32 Å². The molecule has 92 valence electrons. The highest BCUT2D eigenvalue weighted by molar-refractivity contribution is 5.92. The zero-order valence-corrected chi connectivity index (χ0v) is 9.89. The number of carboxylic acid groups (broad SMARTS) is 1. The molecule has 1 aliphatic carbocycles. The molecule has 17 heavy (non-hydrogen) atoms. The van der Waals surface area contributed by atoms with Gasteiger partial charge in [-0.3, -0.25) is 0 Å². The van der Waals surface area contributed by atoms with E-state index in [1.54, 1.807) is 0 Å². The van der Waals surface area contributed by atoms with Gasteiger partial charge in [0.05, 0.1) is 6.20 Å². The summed E-state index contributed by atoms with van der Waals surface area (Å²) in [6, 6.07) is 1.76. The Kier molecular flexibility index (Phi) is 3.56. The fourth-order valence-electron chi connectivity index (χ4n) is 1.89. The van der Waals surface area contributed by atoms with Crippen LogP contribution in [0.2, 0.25) is 0 Å². The summed E-state index contributed by atoms with van der Waals surface area (Å²) >= 11 is 0. The Morgan fingerprint density at radius 3 is 3.00 bits per heavy atom. The third-order valence-corrected chi connectivity index (χ3v) is 3.10. The van der Waals surface area contributed by atoms with E-state index in [4.69, 9.17) is 5.11 Å². The van der Waals surface area contributed by atoms with Gasteiger partial charge in [0, 0.05) is 6.04 Å². The first kappa shape index (κ1) is 11.8. The highest BCUT2D eigenvalue weighted by atomic mass is 16.4. The molecule has 1 heterocycles. The molecule has 0 bridgehead atoms. The van der Waals surface area contributed by atoms with E-state index in [2.05, 4.69) is 22.4 Å². The van der Waals surface area contributed by atoms with E-state index in [0.717, 1.165) is 18.8 Å². The third kappa shape index (κ3) is 3.15. The second-order valence-corrected chi connectivity index (χ2v) is 4.53. The number of nitrogens with zero attached hydrogens (tertiary/aromatic N) is 2. The van der Waals surface area contributed by atoms with Crippen molar-refractivity contribution in [1.82, 2.24) is 10.2 Å². The summed E-state index contributed by atoms with van der Waals surface area (Å²) in [5.41, 5.74) is 0.189. The summed E-state index contributed by atoms with van der Waals surface area (Å²) in [6.07, 6.45) is 6.05. The van der Waals surface area contributed by atoms with Crippen LogP contribution in [-0.4, -0.2) is 27.3 Å². The molecule has 2 rings (SSSR count). The smallest absolute Gasteiger partial charge is 0.339 e. The number of rotatable bonds is 6. The van der Waals surface area contributed by atoms with Crippen molar-refractivity contribution in [3.8, 4) is 0 Å². The number of nitrogens with one attached hydrogen (secondary N) is 1. The zero-order valence-electron chi connectivity index (χ0n) is 9.89. The molecule has 1 aromatic heterocycles. The van der Waals surface area contributed by atoms with E-state index < -0.39 is 5.97 Å². The van der Waals surface area contributed by atoms with Crippen molar-refractivity contribution < 1.29 is 9.90 Å². The Labute approximate surface area is 100 Å². The van der Waals surface area contributed by atoms with Gasteiger partial charge < -0.3 is 10.4 Å². The number of aromatic nitrogens is 2. The van der Waals surface area contributed by atoms with E-state index in [9.17, 15) is 4.79 Å². The minimum Gasteiger partial charge on any atom is -0.478 e. The second-order valence-electron chi connectivity index (χ2n) is 4.53. The van der Waals surface area contributed by atoms with Crippen LogP contribution >= 0.6 is 0 Å². The third-order valence-electron chi connectivity index (χ3n) is 3.10. The maximum Gasteiger partial charge on any atom is 0.339 e. The van der Waals surface area contributed by atoms with Gasteiger partial charge in [-0.05, 0) is 24.8 Å². The second kappa shape index (κ2) is 5.12. The van der Waals surface area contributed by atoms with E-state index in [0.29, 0.717) is 5.82 Å². The van der Waals surface area contributed by atoms with Crippen LogP contribution in [0.1, 0.15) is 43.0 Å². The van der Waals surface area contributed by atoms with Crippen molar-refractivity contribution in [3.05, 3.63) is 17.8 Å². The topological polar surface area (TPSA) is 75.1 Å². The number of aromatic carboxylic acids is 1.